The molecule has 4 rings (SSSR count). The number of aryl methyl sites for hydroxylation is 1. The Bertz CT molecular complexity index is 1050. The van der Waals surface area contributed by atoms with Crippen molar-refractivity contribution in [1.29, 1.82) is 0 Å². The third-order valence-electron chi connectivity index (χ3n) is 5.06. The molecule has 0 fully saturated rings. The predicted molar refractivity (Wildman–Crippen MR) is 109 cm³/mol. The number of nitrogens with one attached hydrogen (secondary N) is 2. The van der Waals surface area contributed by atoms with Crippen LogP contribution in [0.15, 0.2) is 59.8 Å². The first-order valence-electron chi connectivity index (χ1n) is 9.45. The van der Waals surface area contributed by atoms with Gasteiger partial charge in [0.2, 0.25) is 5.91 Å². The highest BCUT2D eigenvalue weighted by molar-refractivity contribution is 6.00. The number of amides is 3. The van der Waals surface area contributed by atoms with E-state index in [2.05, 4.69) is 10.6 Å². The van der Waals surface area contributed by atoms with E-state index in [1.165, 1.54) is 12.0 Å². The third kappa shape index (κ3) is 3.59. The molecule has 154 valence electrons. The Labute approximate surface area is 173 Å². The summed E-state index contributed by atoms with van der Waals surface area (Å²) in [5.74, 6) is -0.400. The van der Waals surface area contributed by atoms with E-state index in [1.54, 1.807) is 12.1 Å². The van der Waals surface area contributed by atoms with Gasteiger partial charge in [0, 0.05) is 0 Å². The maximum atomic E-state index is 12.8. The van der Waals surface area contributed by atoms with Crippen molar-refractivity contribution in [2.24, 2.45) is 0 Å². The van der Waals surface area contributed by atoms with Crippen molar-refractivity contribution < 1.29 is 23.9 Å². The fourth-order valence-electron chi connectivity index (χ4n) is 3.63. The first-order chi connectivity index (χ1) is 14.5. The van der Waals surface area contributed by atoms with Crippen LogP contribution in [0.4, 0.5) is 10.5 Å². The van der Waals surface area contributed by atoms with Gasteiger partial charge in [-0.1, -0.05) is 36.4 Å². The molecule has 0 saturated carbocycles. The largest absolute Gasteiger partial charge is 0.495 e. The monoisotopic (exact) mass is 407 g/mol. The molecule has 2 aromatic rings. The molecule has 1 atom stereocenters. The number of hydrogen-bond acceptors (Lipinski definition) is 5. The average Bonchev–Trinajstić information content (AvgIpc) is 3.12. The molecule has 0 radical (unpaired) electrons. The number of anilines is 1. The average molecular weight is 407 g/mol. The third-order valence-corrected chi connectivity index (χ3v) is 5.06. The van der Waals surface area contributed by atoms with Crippen LogP contribution < -0.4 is 15.4 Å². The number of urea groups is 1. The van der Waals surface area contributed by atoms with Crippen LogP contribution in [-0.4, -0.2) is 43.1 Å². The summed E-state index contributed by atoms with van der Waals surface area (Å²) >= 11 is 0. The van der Waals surface area contributed by atoms with Crippen LogP contribution in [0.2, 0.25) is 0 Å². The number of cyclic esters (lactones) is 1. The fourth-order valence-corrected chi connectivity index (χ4v) is 3.63. The van der Waals surface area contributed by atoms with Crippen molar-refractivity contribution in [3.63, 3.8) is 0 Å². The van der Waals surface area contributed by atoms with E-state index in [1.807, 2.05) is 43.3 Å². The number of ether oxygens (including phenoxy) is 2. The lowest BCUT2D eigenvalue weighted by Crippen LogP contribution is -2.49. The van der Waals surface area contributed by atoms with Gasteiger partial charge in [0.15, 0.2) is 0 Å². The summed E-state index contributed by atoms with van der Waals surface area (Å²) < 4.78 is 10.5. The van der Waals surface area contributed by atoms with Gasteiger partial charge in [-0.3, -0.25) is 9.69 Å². The van der Waals surface area contributed by atoms with Gasteiger partial charge in [0.1, 0.15) is 18.9 Å². The molecular weight excluding hydrogens is 386 g/mol. The standard InChI is InChI=1S/C22H21N3O5/c1-13-8-9-17(29-2)15(10-13)23-18(26)11-25-16-12-30-21(27)19(16)20(24-22(25)28)14-6-4-3-5-7-14/h3-10,20H,11-12H2,1-2H3,(H,23,26)(H,24,28)/t20-/m1/s1. The molecular formula is C22H21N3O5. The summed E-state index contributed by atoms with van der Waals surface area (Å²) in [6.45, 7) is 1.58. The van der Waals surface area contributed by atoms with Crippen molar-refractivity contribution in [2.75, 3.05) is 25.6 Å². The molecule has 0 spiro atoms. The molecule has 0 aliphatic carbocycles. The van der Waals surface area contributed by atoms with E-state index in [0.29, 0.717) is 22.7 Å². The smallest absolute Gasteiger partial charge is 0.338 e. The highest BCUT2D eigenvalue weighted by Gasteiger charge is 2.42. The van der Waals surface area contributed by atoms with Crippen LogP contribution in [0, 0.1) is 6.92 Å². The molecule has 0 bridgehead atoms. The maximum Gasteiger partial charge on any atom is 0.338 e. The van der Waals surface area contributed by atoms with Gasteiger partial charge in [0.25, 0.3) is 0 Å². The lowest BCUT2D eigenvalue weighted by atomic mass is 9.96. The lowest BCUT2D eigenvalue weighted by molar-refractivity contribution is -0.136. The summed E-state index contributed by atoms with van der Waals surface area (Å²) in [5.41, 5.74) is 2.99. The summed E-state index contributed by atoms with van der Waals surface area (Å²) in [6, 6.07) is 13.5. The quantitative estimate of drug-likeness (QED) is 0.743. The van der Waals surface area contributed by atoms with Crippen LogP contribution in [0.1, 0.15) is 17.2 Å². The molecule has 0 saturated heterocycles. The van der Waals surface area contributed by atoms with Crippen molar-refractivity contribution in [3.05, 3.63) is 70.9 Å². The molecule has 2 aromatic carbocycles. The number of carbonyl (C=O) groups is 3. The van der Waals surface area contributed by atoms with Crippen LogP contribution in [-0.2, 0) is 14.3 Å². The zero-order valence-electron chi connectivity index (χ0n) is 16.6. The van der Waals surface area contributed by atoms with Gasteiger partial charge < -0.3 is 20.1 Å². The van der Waals surface area contributed by atoms with Gasteiger partial charge in [0.05, 0.1) is 30.1 Å². The Morgan fingerprint density at radius 1 is 1.23 bits per heavy atom. The van der Waals surface area contributed by atoms with E-state index in [4.69, 9.17) is 9.47 Å². The molecule has 30 heavy (non-hydrogen) atoms. The fraction of sp³-hybridized carbons (Fsp3) is 0.227. The molecule has 8 heteroatoms. The summed E-state index contributed by atoms with van der Waals surface area (Å²) in [5, 5.41) is 5.58. The lowest BCUT2D eigenvalue weighted by Gasteiger charge is -2.32. The second-order valence-corrected chi connectivity index (χ2v) is 7.07. The number of methoxy groups -OCH3 is 1. The van der Waals surface area contributed by atoms with Crippen LogP contribution in [0.3, 0.4) is 0 Å². The Kier molecular flexibility index (Phi) is 5.14. The molecule has 2 heterocycles. The van der Waals surface area contributed by atoms with E-state index in [-0.39, 0.29) is 13.2 Å². The van der Waals surface area contributed by atoms with Crippen LogP contribution in [0.5, 0.6) is 5.75 Å². The number of carbonyl (C=O) groups excluding carboxylic acids is 3. The Morgan fingerprint density at radius 3 is 2.73 bits per heavy atom. The van der Waals surface area contributed by atoms with Crippen molar-refractivity contribution in [1.82, 2.24) is 10.2 Å². The van der Waals surface area contributed by atoms with Crippen molar-refractivity contribution in [3.8, 4) is 5.75 Å². The van der Waals surface area contributed by atoms with E-state index in [9.17, 15) is 14.4 Å². The van der Waals surface area contributed by atoms with Gasteiger partial charge >= 0.3 is 12.0 Å². The maximum absolute atomic E-state index is 12.8. The Hall–Kier alpha value is -3.81. The second-order valence-electron chi connectivity index (χ2n) is 7.07. The van der Waals surface area contributed by atoms with E-state index >= 15 is 0 Å². The molecule has 0 aromatic heterocycles. The predicted octanol–water partition coefficient (Wildman–Crippen LogP) is 2.52. The molecule has 2 aliphatic rings. The van der Waals surface area contributed by atoms with Crippen molar-refractivity contribution in [2.45, 2.75) is 13.0 Å². The molecule has 2 N–H and O–H groups in total. The Morgan fingerprint density at radius 2 is 2.00 bits per heavy atom. The minimum Gasteiger partial charge on any atom is -0.495 e. The number of hydrogen-bond donors (Lipinski definition) is 2. The van der Waals surface area contributed by atoms with Gasteiger partial charge in [-0.2, -0.15) is 0 Å². The first-order valence-corrected chi connectivity index (χ1v) is 9.45. The molecule has 8 nitrogen and oxygen atoms in total. The number of rotatable bonds is 5. The van der Waals surface area contributed by atoms with E-state index in [0.717, 1.165) is 11.1 Å². The summed E-state index contributed by atoms with van der Waals surface area (Å²) in [4.78, 5) is 39.1. The van der Waals surface area contributed by atoms with Crippen LogP contribution in [0.25, 0.3) is 0 Å². The number of esters is 1. The summed E-state index contributed by atoms with van der Waals surface area (Å²) in [7, 11) is 1.51. The number of nitrogens with zero attached hydrogens (tertiary/aromatic N) is 1. The SMILES string of the molecule is COc1ccc(C)cc1NC(=O)CN1C(=O)N[C@H](c2ccccc2)C2=C1COC2=O. The number of benzene rings is 2. The zero-order chi connectivity index (χ0) is 21.3. The minimum absolute atomic E-state index is 0.0496. The molecule has 2 aliphatic heterocycles. The zero-order valence-corrected chi connectivity index (χ0v) is 16.6. The Balaban J connectivity index is 1.59. The van der Waals surface area contributed by atoms with Crippen LogP contribution >= 0.6 is 0 Å². The van der Waals surface area contributed by atoms with Gasteiger partial charge in [-0.05, 0) is 30.2 Å². The topological polar surface area (TPSA) is 97.0 Å². The normalized spacial score (nSPS) is 17.9. The second kappa shape index (κ2) is 7.90. The van der Waals surface area contributed by atoms with E-state index < -0.39 is 23.9 Å². The van der Waals surface area contributed by atoms with Crippen molar-refractivity contribution >= 4 is 23.6 Å². The minimum atomic E-state index is -0.611. The molecule has 0 unspecified atom stereocenters. The molecule has 3 amide bonds. The summed E-state index contributed by atoms with van der Waals surface area (Å²) in [6.07, 6.45) is 0. The van der Waals surface area contributed by atoms with Gasteiger partial charge in [-0.25, -0.2) is 9.59 Å². The highest BCUT2D eigenvalue weighted by Crippen LogP contribution is 2.35. The van der Waals surface area contributed by atoms with Gasteiger partial charge in [-0.15, -0.1) is 0 Å². The first kappa shape index (κ1) is 19.5. The highest BCUT2D eigenvalue weighted by atomic mass is 16.5.